The van der Waals surface area contributed by atoms with E-state index in [1.54, 1.807) is 4.90 Å². The monoisotopic (exact) mass is 187 g/mol. The predicted octanol–water partition coefficient (Wildman–Crippen LogP) is 0.990. The van der Waals surface area contributed by atoms with Gasteiger partial charge in [0.1, 0.15) is 6.61 Å². The lowest BCUT2D eigenvalue weighted by molar-refractivity contribution is 0.0666. The van der Waals surface area contributed by atoms with Gasteiger partial charge < -0.3 is 14.7 Å². The molecular formula is C9H17NO3. The summed E-state index contributed by atoms with van der Waals surface area (Å²) in [6, 6.07) is 0. The van der Waals surface area contributed by atoms with Crippen LogP contribution in [0.2, 0.25) is 0 Å². The number of likely N-dealkylation sites (tertiary alicyclic amines) is 1. The molecule has 0 spiro atoms. The lowest BCUT2D eigenvalue weighted by Crippen LogP contribution is -2.43. The van der Waals surface area contributed by atoms with Gasteiger partial charge in [-0.3, -0.25) is 0 Å². The average molecular weight is 187 g/mol. The molecule has 0 saturated carbocycles. The molecule has 13 heavy (non-hydrogen) atoms. The van der Waals surface area contributed by atoms with Crippen molar-refractivity contribution in [3.63, 3.8) is 0 Å². The molecule has 0 aliphatic carbocycles. The van der Waals surface area contributed by atoms with Crippen molar-refractivity contribution in [3.05, 3.63) is 0 Å². The van der Waals surface area contributed by atoms with Crippen molar-refractivity contribution in [1.29, 1.82) is 0 Å². The van der Waals surface area contributed by atoms with Gasteiger partial charge in [-0.15, -0.1) is 0 Å². The Morgan fingerprint density at radius 1 is 1.62 bits per heavy atom. The van der Waals surface area contributed by atoms with Gasteiger partial charge in [0.2, 0.25) is 0 Å². The molecule has 0 bridgehead atoms. The molecule has 1 fully saturated rings. The number of hydrogen-bond acceptors (Lipinski definition) is 3. The van der Waals surface area contributed by atoms with Gasteiger partial charge in [0, 0.05) is 12.1 Å². The third kappa shape index (κ3) is 2.34. The van der Waals surface area contributed by atoms with Crippen LogP contribution >= 0.6 is 0 Å². The van der Waals surface area contributed by atoms with Gasteiger partial charge in [-0.05, 0) is 26.7 Å². The van der Waals surface area contributed by atoms with Crippen LogP contribution in [-0.4, -0.2) is 41.4 Å². The van der Waals surface area contributed by atoms with E-state index in [4.69, 9.17) is 9.84 Å². The molecular weight excluding hydrogens is 170 g/mol. The highest BCUT2D eigenvalue weighted by molar-refractivity contribution is 5.69. The second-order valence-electron chi connectivity index (χ2n) is 3.91. The van der Waals surface area contributed by atoms with Crippen molar-refractivity contribution in [2.45, 2.75) is 32.2 Å². The molecule has 1 amide bonds. The van der Waals surface area contributed by atoms with Crippen molar-refractivity contribution in [3.8, 4) is 0 Å². The number of amides is 1. The van der Waals surface area contributed by atoms with E-state index in [9.17, 15) is 4.79 Å². The second-order valence-corrected chi connectivity index (χ2v) is 3.91. The van der Waals surface area contributed by atoms with E-state index in [0.29, 0.717) is 0 Å². The molecule has 1 saturated heterocycles. The van der Waals surface area contributed by atoms with Crippen LogP contribution in [0, 0.1) is 0 Å². The van der Waals surface area contributed by atoms with Crippen LogP contribution in [0.25, 0.3) is 0 Å². The van der Waals surface area contributed by atoms with Crippen LogP contribution in [0.1, 0.15) is 26.7 Å². The highest BCUT2D eigenvalue weighted by Crippen LogP contribution is 2.28. The Labute approximate surface area is 78.5 Å². The molecule has 0 aromatic carbocycles. The van der Waals surface area contributed by atoms with Crippen LogP contribution in [0.3, 0.4) is 0 Å². The van der Waals surface area contributed by atoms with Crippen LogP contribution in [0.5, 0.6) is 0 Å². The van der Waals surface area contributed by atoms with Gasteiger partial charge in [-0.25, -0.2) is 4.79 Å². The van der Waals surface area contributed by atoms with Gasteiger partial charge in [0.05, 0.1) is 6.61 Å². The quantitative estimate of drug-likeness (QED) is 0.701. The number of aliphatic hydroxyl groups is 1. The summed E-state index contributed by atoms with van der Waals surface area (Å²) in [5.41, 5.74) is -0.0907. The third-order valence-corrected chi connectivity index (χ3v) is 2.44. The number of nitrogens with zero attached hydrogens (tertiary/aromatic N) is 1. The van der Waals surface area contributed by atoms with E-state index in [2.05, 4.69) is 0 Å². The van der Waals surface area contributed by atoms with Crippen LogP contribution in [-0.2, 0) is 4.74 Å². The fraction of sp³-hybridized carbons (Fsp3) is 0.889. The largest absolute Gasteiger partial charge is 0.447 e. The zero-order valence-corrected chi connectivity index (χ0v) is 8.25. The fourth-order valence-corrected chi connectivity index (χ4v) is 1.66. The van der Waals surface area contributed by atoms with Crippen LogP contribution < -0.4 is 0 Å². The van der Waals surface area contributed by atoms with Crippen molar-refractivity contribution >= 4 is 6.09 Å². The van der Waals surface area contributed by atoms with Gasteiger partial charge in [-0.2, -0.15) is 0 Å². The first-order valence-corrected chi connectivity index (χ1v) is 4.63. The maximum atomic E-state index is 11.4. The Morgan fingerprint density at radius 2 is 2.31 bits per heavy atom. The summed E-state index contributed by atoms with van der Waals surface area (Å²) < 4.78 is 4.85. The Bertz CT molecular complexity index is 191. The topological polar surface area (TPSA) is 49.8 Å². The summed E-state index contributed by atoms with van der Waals surface area (Å²) in [4.78, 5) is 13.1. The van der Waals surface area contributed by atoms with Gasteiger partial charge in [-0.1, -0.05) is 0 Å². The molecule has 76 valence electrons. The summed E-state index contributed by atoms with van der Waals surface area (Å²) >= 11 is 0. The van der Waals surface area contributed by atoms with Gasteiger partial charge >= 0.3 is 6.09 Å². The number of ether oxygens (including phenoxy) is 1. The Morgan fingerprint density at radius 3 is 2.77 bits per heavy atom. The Balaban J connectivity index is 2.46. The molecule has 4 heteroatoms. The zero-order chi connectivity index (χ0) is 9.90. The van der Waals surface area contributed by atoms with E-state index >= 15 is 0 Å². The number of aliphatic hydroxyl groups excluding tert-OH is 1. The molecule has 4 nitrogen and oxygen atoms in total. The van der Waals surface area contributed by atoms with Crippen molar-refractivity contribution in [2.75, 3.05) is 19.8 Å². The van der Waals surface area contributed by atoms with E-state index < -0.39 is 0 Å². The lowest BCUT2D eigenvalue weighted by Gasteiger charge is -2.30. The molecule has 0 radical (unpaired) electrons. The van der Waals surface area contributed by atoms with E-state index in [-0.39, 0.29) is 24.8 Å². The van der Waals surface area contributed by atoms with Crippen molar-refractivity contribution in [1.82, 2.24) is 4.90 Å². The van der Waals surface area contributed by atoms with Crippen molar-refractivity contribution < 1.29 is 14.6 Å². The summed E-state index contributed by atoms with van der Waals surface area (Å²) in [5, 5.41) is 8.49. The molecule has 1 N–H and O–H groups in total. The second kappa shape index (κ2) is 3.96. The SMILES string of the molecule is CC1(C)CCCN1C(=O)OCCO. The minimum Gasteiger partial charge on any atom is -0.447 e. The molecule has 0 aromatic rings. The molecule has 1 rings (SSSR count). The normalized spacial score (nSPS) is 20.4. The first-order chi connectivity index (χ1) is 6.08. The van der Waals surface area contributed by atoms with Gasteiger partial charge in [0.25, 0.3) is 0 Å². The first kappa shape index (κ1) is 10.3. The molecule has 1 aliphatic heterocycles. The number of hydrogen-bond donors (Lipinski definition) is 1. The lowest BCUT2D eigenvalue weighted by atomic mass is 10.0. The minimum absolute atomic E-state index is 0.0887. The maximum absolute atomic E-state index is 11.4. The fourth-order valence-electron chi connectivity index (χ4n) is 1.66. The summed E-state index contributed by atoms with van der Waals surface area (Å²) in [6.07, 6.45) is 1.74. The minimum atomic E-state index is -0.309. The Hall–Kier alpha value is -0.770. The Kier molecular flexibility index (Phi) is 3.14. The first-order valence-electron chi connectivity index (χ1n) is 4.63. The standard InChI is InChI=1S/C9H17NO3/c1-9(2)4-3-5-10(9)8(12)13-7-6-11/h11H,3-7H2,1-2H3. The van der Waals surface area contributed by atoms with Crippen LogP contribution in [0.4, 0.5) is 4.79 Å². The number of carbonyl (C=O) groups is 1. The average Bonchev–Trinajstić information content (AvgIpc) is 2.41. The molecule has 0 aromatic heterocycles. The molecule has 0 unspecified atom stereocenters. The predicted molar refractivity (Wildman–Crippen MR) is 48.5 cm³/mol. The molecule has 1 aliphatic rings. The highest BCUT2D eigenvalue weighted by Gasteiger charge is 2.36. The summed E-state index contributed by atoms with van der Waals surface area (Å²) in [7, 11) is 0. The van der Waals surface area contributed by atoms with Crippen molar-refractivity contribution in [2.24, 2.45) is 0 Å². The third-order valence-electron chi connectivity index (χ3n) is 2.44. The highest BCUT2D eigenvalue weighted by atomic mass is 16.6. The maximum Gasteiger partial charge on any atom is 0.410 e. The van der Waals surface area contributed by atoms with E-state index in [1.165, 1.54) is 0 Å². The summed E-state index contributed by atoms with van der Waals surface area (Å²) in [5.74, 6) is 0. The smallest absolute Gasteiger partial charge is 0.410 e. The van der Waals surface area contributed by atoms with E-state index in [0.717, 1.165) is 19.4 Å². The molecule has 0 atom stereocenters. The zero-order valence-electron chi connectivity index (χ0n) is 8.25. The number of carbonyl (C=O) groups excluding carboxylic acids is 1. The number of rotatable bonds is 2. The van der Waals surface area contributed by atoms with Gasteiger partial charge in [0.15, 0.2) is 0 Å². The molecule has 1 heterocycles. The summed E-state index contributed by atoms with van der Waals surface area (Å²) in [6.45, 7) is 4.79. The van der Waals surface area contributed by atoms with Crippen LogP contribution in [0.15, 0.2) is 0 Å². The van der Waals surface area contributed by atoms with E-state index in [1.807, 2.05) is 13.8 Å².